The molecule has 16 heavy (non-hydrogen) atoms. The summed E-state index contributed by atoms with van der Waals surface area (Å²) in [5.74, 6) is -2.37. The maximum Gasteiger partial charge on any atom is 0.353 e. The Morgan fingerprint density at radius 3 is 2.06 bits per heavy atom. The molecule has 0 radical (unpaired) electrons. The topological polar surface area (TPSA) is 79.5 Å². The number of aromatic carboxylic acids is 2. The number of hydrogen-bond donors (Lipinski definition) is 2. The van der Waals surface area contributed by atoms with Gasteiger partial charge in [0, 0.05) is 12.2 Å². The fourth-order valence-corrected chi connectivity index (χ4v) is 2.07. The molecule has 0 saturated heterocycles. The van der Waals surface area contributed by atoms with Crippen LogP contribution in [0.1, 0.15) is 46.0 Å². The van der Waals surface area contributed by atoms with Crippen LogP contribution in [0, 0.1) is 6.92 Å². The number of carbonyl (C=O) groups is 2. The summed E-state index contributed by atoms with van der Waals surface area (Å²) in [7, 11) is 0. The third kappa shape index (κ3) is 1.68. The van der Waals surface area contributed by atoms with E-state index in [0.29, 0.717) is 18.5 Å². The Morgan fingerprint density at radius 2 is 1.75 bits per heavy atom. The number of rotatable bonds is 4. The Hall–Kier alpha value is -1.78. The molecular weight excluding hydrogens is 210 g/mol. The molecule has 2 N–H and O–H groups in total. The second-order valence-electron chi connectivity index (χ2n) is 3.50. The van der Waals surface area contributed by atoms with E-state index >= 15 is 0 Å². The normalized spacial score (nSPS) is 10.4. The van der Waals surface area contributed by atoms with Gasteiger partial charge in [0.2, 0.25) is 0 Å². The molecule has 5 heteroatoms. The summed E-state index contributed by atoms with van der Waals surface area (Å²) >= 11 is 0. The number of hydrogen-bond acceptors (Lipinski definition) is 2. The van der Waals surface area contributed by atoms with Gasteiger partial charge in [-0.15, -0.1) is 0 Å². The standard InChI is InChI=1S/C11H15NO4/c1-4-7-6(3)12(5-2)9(11(15)16)8(7)10(13)14/h4-5H2,1-3H3,(H,13,14)(H,15,16). The fraction of sp³-hybridized carbons (Fsp3) is 0.455. The lowest BCUT2D eigenvalue weighted by Crippen LogP contribution is -2.13. The fourth-order valence-electron chi connectivity index (χ4n) is 2.07. The van der Waals surface area contributed by atoms with E-state index in [2.05, 4.69) is 0 Å². The molecule has 0 bridgehead atoms. The average molecular weight is 225 g/mol. The van der Waals surface area contributed by atoms with Crippen LogP contribution >= 0.6 is 0 Å². The zero-order valence-corrected chi connectivity index (χ0v) is 9.57. The van der Waals surface area contributed by atoms with E-state index in [-0.39, 0.29) is 11.3 Å². The molecule has 0 spiro atoms. The first-order chi connectivity index (χ1) is 7.45. The quantitative estimate of drug-likeness (QED) is 0.818. The zero-order valence-electron chi connectivity index (χ0n) is 9.57. The van der Waals surface area contributed by atoms with Crippen molar-refractivity contribution >= 4 is 11.9 Å². The Kier molecular flexibility index (Phi) is 3.37. The number of nitrogens with zero attached hydrogens (tertiary/aromatic N) is 1. The first kappa shape index (κ1) is 12.3. The van der Waals surface area contributed by atoms with E-state index in [1.54, 1.807) is 13.8 Å². The van der Waals surface area contributed by atoms with Crippen LogP contribution in [0.3, 0.4) is 0 Å². The van der Waals surface area contributed by atoms with Gasteiger partial charge in [-0.3, -0.25) is 0 Å². The molecule has 0 unspecified atom stereocenters. The molecular formula is C11H15NO4. The first-order valence-corrected chi connectivity index (χ1v) is 5.14. The maximum atomic E-state index is 11.1. The van der Waals surface area contributed by atoms with E-state index in [9.17, 15) is 9.59 Å². The van der Waals surface area contributed by atoms with Crippen LogP contribution < -0.4 is 0 Å². The highest BCUT2D eigenvalue weighted by atomic mass is 16.4. The summed E-state index contributed by atoms with van der Waals surface area (Å²) in [4.78, 5) is 22.2. The van der Waals surface area contributed by atoms with Gasteiger partial charge in [-0.1, -0.05) is 6.92 Å². The molecule has 0 amide bonds. The van der Waals surface area contributed by atoms with Gasteiger partial charge in [0.1, 0.15) is 5.69 Å². The average Bonchev–Trinajstić information content (AvgIpc) is 2.50. The summed E-state index contributed by atoms with van der Waals surface area (Å²) < 4.78 is 1.53. The summed E-state index contributed by atoms with van der Waals surface area (Å²) in [5.41, 5.74) is 1.13. The monoisotopic (exact) mass is 225 g/mol. The lowest BCUT2D eigenvalue weighted by Gasteiger charge is -2.05. The highest BCUT2D eigenvalue weighted by Crippen LogP contribution is 2.23. The predicted octanol–water partition coefficient (Wildman–Crippen LogP) is 1.78. The number of carboxylic acid groups (broad SMARTS) is 2. The van der Waals surface area contributed by atoms with Crippen molar-refractivity contribution in [1.82, 2.24) is 4.57 Å². The molecule has 0 aliphatic heterocycles. The van der Waals surface area contributed by atoms with Crippen LogP contribution in [0.15, 0.2) is 0 Å². The van der Waals surface area contributed by atoms with E-state index in [1.807, 2.05) is 6.92 Å². The summed E-state index contributed by atoms with van der Waals surface area (Å²) in [6, 6.07) is 0. The van der Waals surface area contributed by atoms with Gasteiger partial charge in [-0.2, -0.15) is 0 Å². The number of aromatic nitrogens is 1. The summed E-state index contributed by atoms with van der Waals surface area (Å²) in [6.45, 7) is 5.82. The minimum atomic E-state index is -1.19. The Labute approximate surface area is 93.3 Å². The van der Waals surface area contributed by atoms with Gasteiger partial charge in [-0.25, -0.2) is 9.59 Å². The summed E-state index contributed by atoms with van der Waals surface area (Å²) in [5, 5.41) is 18.2. The smallest absolute Gasteiger partial charge is 0.353 e. The van der Waals surface area contributed by atoms with Gasteiger partial charge in [0.05, 0.1) is 5.56 Å². The molecule has 1 aromatic rings. The summed E-state index contributed by atoms with van der Waals surface area (Å²) in [6.07, 6.45) is 0.515. The second-order valence-corrected chi connectivity index (χ2v) is 3.50. The SMILES string of the molecule is CCc1c(C(=O)O)c(C(=O)O)n(CC)c1C. The molecule has 88 valence electrons. The van der Waals surface area contributed by atoms with E-state index < -0.39 is 11.9 Å². The van der Waals surface area contributed by atoms with Gasteiger partial charge >= 0.3 is 11.9 Å². The Bertz CT molecular complexity index is 406. The third-order valence-electron chi connectivity index (χ3n) is 2.74. The Morgan fingerprint density at radius 1 is 1.19 bits per heavy atom. The van der Waals surface area contributed by atoms with Crippen LogP contribution in [0.4, 0.5) is 0 Å². The van der Waals surface area contributed by atoms with Gasteiger partial charge in [0.25, 0.3) is 0 Å². The van der Waals surface area contributed by atoms with Crippen molar-refractivity contribution in [1.29, 1.82) is 0 Å². The van der Waals surface area contributed by atoms with Gasteiger partial charge < -0.3 is 14.8 Å². The molecule has 5 nitrogen and oxygen atoms in total. The van der Waals surface area contributed by atoms with Crippen molar-refractivity contribution in [2.45, 2.75) is 33.7 Å². The van der Waals surface area contributed by atoms with Crippen molar-refractivity contribution in [2.24, 2.45) is 0 Å². The molecule has 0 saturated carbocycles. The lowest BCUT2D eigenvalue weighted by atomic mass is 10.1. The highest BCUT2D eigenvalue weighted by Gasteiger charge is 2.27. The van der Waals surface area contributed by atoms with Crippen LogP contribution in [-0.4, -0.2) is 26.7 Å². The second kappa shape index (κ2) is 4.38. The molecule has 0 aromatic carbocycles. The van der Waals surface area contributed by atoms with E-state index in [4.69, 9.17) is 10.2 Å². The maximum absolute atomic E-state index is 11.1. The van der Waals surface area contributed by atoms with E-state index in [0.717, 1.165) is 5.69 Å². The van der Waals surface area contributed by atoms with Crippen LogP contribution in [0.2, 0.25) is 0 Å². The zero-order chi connectivity index (χ0) is 12.5. The first-order valence-electron chi connectivity index (χ1n) is 5.14. The van der Waals surface area contributed by atoms with Crippen molar-refractivity contribution in [3.63, 3.8) is 0 Å². The lowest BCUT2D eigenvalue weighted by molar-refractivity contribution is 0.0643. The molecule has 0 fully saturated rings. The van der Waals surface area contributed by atoms with Crippen LogP contribution in [-0.2, 0) is 13.0 Å². The van der Waals surface area contributed by atoms with Crippen molar-refractivity contribution < 1.29 is 19.8 Å². The Balaban J connectivity index is 3.66. The van der Waals surface area contributed by atoms with Crippen LogP contribution in [0.25, 0.3) is 0 Å². The number of carboxylic acids is 2. The third-order valence-corrected chi connectivity index (χ3v) is 2.74. The van der Waals surface area contributed by atoms with Gasteiger partial charge in [0.15, 0.2) is 0 Å². The molecule has 0 atom stereocenters. The van der Waals surface area contributed by atoms with Crippen LogP contribution in [0.5, 0.6) is 0 Å². The largest absolute Gasteiger partial charge is 0.478 e. The minimum absolute atomic E-state index is 0.0747. The highest BCUT2D eigenvalue weighted by molar-refractivity contribution is 6.02. The minimum Gasteiger partial charge on any atom is -0.478 e. The van der Waals surface area contributed by atoms with Gasteiger partial charge in [-0.05, 0) is 25.8 Å². The van der Waals surface area contributed by atoms with E-state index in [1.165, 1.54) is 4.57 Å². The van der Waals surface area contributed by atoms with Crippen molar-refractivity contribution in [3.8, 4) is 0 Å². The molecule has 1 heterocycles. The molecule has 0 aliphatic carbocycles. The molecule has 1 rings (SSSR count). The molecule has 1 aromatic heterocycles. The molecule has 0 aliphatic rings. The predicted molar refractivity (Wildman–Crippen MR) is 58.1 cm³/mol. The van der Waals surface area contributed by atoms with Crippen molar-refractivity contribution in [2.75, 3.05) is 0 Å². The van der Waals surface area contributed by atoms with Crippen molar-refractivity contribution in [3.05, 3.63) is 22.5 Å².